The molecule has 130 valence electrons. The molecule has 1 aromatic rings. The van der Waals surface area contributed by atoms with Crippen LogP contribution in [0.15, 0.2) is 18.2 Å². The molecule has 1 aromatic carbocycles. The zero-order valence-electron chi connectivity index (χ0n) is 13.4. The number of hydrogen-bond acceptors (Lipinski definition) is 4. The van der Waals surface area contributed by atoms with Crippen molar-refractivity contribution < 1.29 is 13.2 Å². The molecule has 3 aliphatic rings. The molecule has 1 saturated heterocycles. The van der Waals surface area contributed by atoms with Crippen molar-refractivity contribution >= 4 is 27.5 Å². The minimum atomic E-state index is -3.77. The van der Waals surface area contributed by atoms with Crippen LogP contribution in [0, 0.1) is 11.3 Å². The van der Waals surface area contributed by atoms with E-state index in [4.69, 9.17) is 5.14 Å². The Morgan fingerprint density at radius 1 is 1.33 bits per heavy atom. The Balaban J connectivity index is 1.49. The molecule has 8 heteroatoms. The van der Waals surface area contributed by atoms with E-state index in [-0.39, 0.29) is 17.2 Å². The van der Waals surface area contributed by atoms with Gasteiger partial charge in [0.25, 0.3) is 10.2 Å². The quantitative estimate of drug-likeness (QED) is 0.742. The molecule has 4 N–H and O–H groups in total. The fourth-order valence-corrected chi connectivity index (χ4v) is 4.91. The first-order valence-electron chi connectivity index (χ1n) is 8.34. The summed E-state index contributed by atoms with van der Waals surface area (Å²) < 4.78 is 24.5. The van der Waals surface area contributed by atoms with E-state index in [2.05, 4.69) is 10.6 Å². The van der Waals surface area contributed by atoms with Crippen LogP contribution >= 0.6 is 0 Å². The molecule has 2 heterocycles. The average Bonchev–Trinajstić information content (AvgIpc) is 3.04. The molecule has 1 aliphatic carbocycles. The highest BCUT2D eigenvalue weighted by molar-refractivity contribution is 7.90. The van der Waals surface area contributed by atoms with Crippen LogP contribution in [0.1, 0.15) is 24.8 Å². The van der Waals surface area contributed by atoms with Crippen molar-refractivity contribution in [2.75, 3.05) is 29.3 Å². The average molecular weight is 350 g/mol. The van der Waals surface area contributed by atoms with Gasteiger partial charge >= 0.3 is 0 Å². The van der Waals surface area contributed by atoms with Crippen molar-refractivity contribution in [3.8, 4) is 0 Å². The summed E-state index contributed by atoms with van der Waals surface area (Å²) >= 11 is 0. The number of rotatable bonds is 3. The third-order valence-electron chi connectivity index (χ3n) is 5.62. The predicted octanol–water partition coefficient (Wildman–Crippen LogP) is 0.581. The number of nitrogens with two attached hydrogens (primary N) is 1. The summed E-state index contributed by atoms with van der Waals surface area (Å²) in [6.07, 6.45) is 3.69. The van der Waals surface area contributed by atoms with Gasteiger partial charge in [-0.15, -0.1) is 0 Å². The molecule has 0 radical (unpaired) electrons. The van der Waals surface area contributed by atoms with Crippen molar-refractivity contribution in [3.05, 3.63) is 23.8 Å². The summed E-state index contributed by atoms with van der Waals surface area (Å²) in [5.74, 6) is 0.110. The van der Waals surface area contributed by atoms with Crippen molar-refractivity contribution in [1.82, 2.24) is 5.32 Å². The predicted molar refractivity (Wildman–Crippen MR) is 91.9 cm³/mol. The number of nitrogens with zero attached hydrogens (tertiary/aromatic N) is 1. The monoisotopic (exact) mass is 350 g/mol. The lowest BCUT2D eigenvalue weighted by atomic mass is 9.92. The second kappa shape index (κ2) is 5.44. The van der Waals surface area contributed by atoms with Gasteiger partial charge in [-0.3, -0.25) is 9.10 Å². The Bertz CT molecular complexity index is 787. The summed E-state index contributed by atoms with van der Waals surface area (Å²) in [6.45, 7) is 2.31. The molecule has 0 bridgehead atoms. The molecule has 1 atom stereocenters. The molecule has 1 amide bonds. The van der Waals surface area contributed by atoms with Gasteiger partial charge in [-0.2, -0.15) is 8.42 Å². The normalized spacial score (nSPS) is 24.7. The Morgan fingerprint density at radius 2 is 2.08 bits per heavy atom. The SMILES string of the molecule is NS(=O)(=O)N1CCc2ccc(NC(=O)C3CC34CCNCC4)cc21. The van der Waals surface area contributed by atoms with Crippen LogP contribution in [-0.2, 0) is 21.4 Å². The van der Waals surface area contributed by atoms with E-state index in [1.54, 1.807) is 6.07 Å². The van der Waals surface area contributed by atoms with E-state index in [1.807, 2.05) is 12.1 Å². The van der Waals surface area contributed by atoms with E-state index in [0.29, 0.717) is 24.3 Å². The lowest BCUT2D eigenvalue weighted by Gasteiger charge is -2.23. The van der Waals surface area contributed by atoms with Gasteiger partial charge < -0.3 is 10.6 Å². The first-order valence-corrected chi connectivity index (χ1v) is 9.84. The fourth-order valence-electron chi connectivity index (χ4n) is 4.12. The first kappa shape index (κ1) is 15.9. The summed E-state index contributed by atoms with van der Waals surface area (Å²) in [4.78, 5) is 12.5. The van der Waals surface area contributed by atoms with E-state index in [1.165, 1.54) is 4.31 Å². The van der Waals surface area contributed by atoms with E-state index >= 15 is 0 Å². The molecule has 24 heavy (non-hydrogen) atoms. The zero-order chi connectivity index (χ0) is 16.9. The van der Waals surface area contributed by atoms with Crippen LogP contribution in [0.3, 0.4) is 0 Å². The van der Waals surface area contributed by atoms with Crippen LogP contribution in [0.25, 0.3) is 0 Å². The van der Waals surface area contributed by atoms with Gasteiger partial charge in [0.05, 0.1) is 5.69 Å². The van der Waals surface area contributed by atoms with Crippen LogP contribution < -0.4 is 20.1 Å². The van der Waals surface area contributed by atoms with Crippen molar-refractivity contribution in [1.29, 1.82) is 0 Å². The minimum Gasteiger partial charge on any atom is -0.326 e. The third-order valence-corrected chi connectivity index (χ3v) is 6.61. The van der Waals surface area contributed by atoms with Crippen molar-refractivity contribution in [2.45, 2.75) is 25.7 Å². The number of nitrogens with one attached hydrogen (secondary N) is 2. The van der Waals surface area contributed by atoms with Crippen LogP contribution in [-0.4, -0.2) is 34.0 Å². The van der Waals surface area contributed by atoms with E-state index < -0.39 is 10.2 Å². The van der Waals surface area contributed by atoms with Gasteiger partial charge in [-0.1, -0.05) is 6.07 Å². The topological polar surface area (TPSA) is 105 Å². The largest absolute Gasteiger partial charge is 0.326 e. The summed E-state index contributed by atoms with van der Waals surface area (Å²) in [5.41, 5.74) is 2.31. The highest BCUT2D eigenvalue weighted by atomic mass is 32.2. The Labute approximate surface area is 141 Å². The van der Waals surface area contributed by atoms with Gasteiger partial charge in [0, 0.05) is 18.2 Å². The van der Waals surface area contributed by atoms with Crippen molar-refractivity contribution in [2.24, 2.45) is 16.5 Å². The molecule has 4 rings (SSSR count). The molecule has 1 unspecified atom stereocenters. The molecule has 1 spiro atoms. The van der Waals surface area contributed by atoms with Crippen LogP contribution in [0.4, 0.5) is 11.4 Å². The highest BCUT2D eigenvalue weighted by Crippen LogP contribution is 2.58. The Hall–Kier alpha value is -1.64. The molecule has 7 nitrogen and oxygen atoms in total. The summed E-state index contributed by atoms with van der Waals surface area (Å²) in [7, 11) is -3.77. The molecule has 2 aliphatic heterocycles. The second-order valence-electron chi connectivity index (χ2n) is 7.07. The third kappa shape index (κ3) is 2.68. The summed E-state index contributed by atoms with van der Waals surface area (Å²) in [6, 6.07) is 5.41. The number of piperidine rings is 1. The Kier molecular flexibility index (Phi) is 3.59. The maximum Gasteiger partial charge on any atom is 0.299 e. The van der Waals surface area contributed by atoms with Gasteiger partial charge in [-0.05, 0) is 61.9 Å². The van der Waals surface area contributed by atoms with E-state index in [9.17, 15) is 13.2 Å². The lowest BCUT2D eigenvalue weighted by molar-refractivity contribution is -0.118. The zero-order valence-corrected chi connectivity index (χ0v) is 14.2. The molecule has 1 saturated carbocycles. The van der Waals surface area contributed by atoms with Crippen molar-refractivity contribution in [3.63, 3.8) is 0 Å². The van der Waals surface area contributed by atoms with Crippen LogP contribution in [0.2, 0.25) is 0 Å². The van der Waals surface area contributed by atoms with E-state index in [0.717, 1.165) is 37.9 Å². The number of carbonyl (C=O) groups excluding carboxylic acids is 1. The fraction of sp³-hybridized carbons (Fsp3) is 0.562. The first-order chi connectivity index (χ1) is 11.4. The van der Waals surface area contributed by atoms with Gasteiger partial charge in [-0.25, -0.2) is 5.14 Å². The maximum absolute atomic E-state index is 12.5. The number of benzene rings is 1. The van der Waals surface area contributed by atoms with Gasteiger partial charge in [0.15, 0.2) is 0 Å². The second-order valence-corrected chi connectivity index (χ2v) is 8.54. The van der Waals surface area contributed by atoms with Gasteiger partial charge in [0.2, 0.25) is 5.91 Å². The molecule has 0 aromatic heterocycles. The molecular formula is C16H22N4O3S. The van der Waals surface area contributed by atoms with Gasteiger partial charge in [0.1, 0.15) is 0 Å². The summed E-state index contributed by atoms with van der Waals surface area (Å²) in [5, 5.41) is 11.5. The minimum absolute atomic E-state index is 0.0389. The van der Waals surface area contributed by atoms with Crippen LogP contribution in [0.5, 0.6) is 0 Å². The standard InChI is InChI=1S/C16H22N4O3S/c17-24(22,23)20-8-3-11-1-2-12(9-14(11)20)19-15(21)13-10-16(13)4-6-18-7-5-16/h1-2,9,13,18H,3-8,10H2,(H,19,21)(H2,17,22,23). The lowest BCUT2D eigenvalue weighted by Crippen LogP contribution is -2.35. The number of amides is 1. The Morgan fingerprint density at radius 3 is 2.79 bits per heavy atom. The number of hydrogen-bond donors (Lipinski definition) is 3. The molecule has 2 fully saturated rings. The molecular weight excluding hydrogens is 328 g/mol. The maximum atomic E-state index is 12.5. The number of carbonyl (C=O) groups is 1. The smallest absolute Gasteiger partial charge is 0.299 e. The number of fused-ring (bicyclic) bond motifs is 1. The number of anilines is 2. The highest BCUT2D eigenvalue weighted by Gasteiger charge is 2.57.